The van der Waals surface area contributed by atoms with Crippen molar-refractivity contribution in [3.63, 3.8) is 0 Å². The summed E-state index contributed by atoms with van der Waals surface area (Å²) in [5.41, 5.74) is 4.77. The van der Waals surface area contributed by atoms with Crippen LogP contribution in [0.3, 0.4) is 0 Å². The molecule has 8 heteroatoms. The number of aryl methyl sites for hydroxylation is 1. The van der Waals surface area contributed by atoms with Crippen molar-refractivity contribution >= 4 is 28.8 Å². The zero-order valence-electron chi connectivity index (χ0n) is 31.8. The Labute approximate surface area is 293 Å². The van der Waals surface area contributed by atoms with Crippen LogP contribution in [0.1, 0.15) is 99.0 Å². The highest BCUT2D eigenvalue weighted by Crippen LogP contribution is 2.50. The minimum absolute atomic E-state index is 0.00132. The zero-order valence-corrected chi connectivity index (χ0v) is 31.8. The molecule has 8 nitrogen and oxygen atoms in total. The van der Waals surface area contributed by atoms with Gasteiger partial charge >= 0.3 is 5.97 Å². The number of hydrogen-bond donors (Lipinski definition) is 0. The average molecular weight is 663 g/mol. The van der Waals surface area contributed by atoms with E-state index in [1.54, 1.807) is 4.68 Å². The molecule has 49 heavy (non-hydrogen) atoms. The summed E-state index contributed by atoms with van der Waals surface area (Å²) < 4.78 is 8.20. The van der Waals surface area contributed by atoms with Crippen molar-refractivity contribution in [3.05, 3.63) is 76.5 Å². The Morgan fingerprint density at radius 1 is 0.959 bits per heavy atom. The molecular weight excluding hydrogens is 608 g/mol. The van der Waals surface area contributed by atoms with Crippen molar-refractivity contribution < 1.29 is 9.53 Å². The first-order chi connectivity index (χ1) is 22.7. The van der Waals surface area contributed by atoms with Crippen LogP contribution >= 0.6 is 0 Å². The van der Waals surface area contributed by atoms with Gasteiger partial charge in [0.25, 0.3) is 0 Å². The lowest BCUT2D eigenvalue weighted by Gasteiger charge is -2.50. The average Bonchev–Trinajstić information content (AvgIpc) is 3.54. The summed E-state index contributed by atoms with van der Waals surface area (Å²) in [6.07, 6.45) is 1.64. The van der Waals surface area contributed by atoms with Gasteiger partial charge < -0.3 is 9.64 Å². The maximum absolute atomic E-state index is 14.6. The SMILES string of the molecule is [C-]#[N+]C1=C(C(=O)OC2C(C(C)(C)C)CC(C)CC2C(C)(C)C)c2nc(-c3ccc(C(C)(C)C)cc3)nn2C1=Nc1ccc(N(C)C)cc1C. The fourth-order valence-electron chi connectivity index (χ4n) is 7.28. The third kappa shape index (κ3) is 7.22. The van der Waals surface area contributed by atoms with Gasteiger partial charge in [-0.25, -0.2) is 24.3 Å². The number of hydrogen-bond acceptors (Lipinski definition) is 6. The van der Waals surface area contributed by atoms with Gasteiger partial charge in [0.15, 0.2) is 17.5 Å². The molecule has 260 valence electrons. The van der Waals surface area contributed by atoms with E-state index in [1.165, 1.54) is 5.56 Å². The van der Waals surface area contributed by atoms with Gasteiger partial charge in [-0.2, -0.15) is 0 Å². The van der Waals surface area contributed by atoms with Crippen LogP contribution in [0.5, 0.6) is 0 Å². The highest BCUT2D eigenvalue weighted by Gasteiger charge is 2.49. The van der Waals surface area contributed by atoms with Crippen LogP contribution in [0.25, 0.3) is 21.8 Å². The van der Waals surface area contributed by atoms with Gasteiger partial charge in [-0.15, -0.1) is 5.10 Å². The summed E-state index contributed by atoms with van der Waals surface area (Å²) in [6.45, 7) is 32.5. The number of ether oxygens (including phenoxy) is 1. The van der Waals surface area contributed by atoms with Crippen LogP contribution in [0.15, 0.2) is 53.2 Å². The smallest absolute Gasteiger partial charge is 0.331 e. The molecule has 0 amide bonds. The lowest BCUT2D eigenvalue weighted by Crippen LogP contribution is -2.49. The third-order valence-corrected chi connectivity index (χ3v) is 10.3. The third-order valence-electron chi connectivity index (χ3n) is 10.3. The Morgan fingerprint density at radius 3 is 2.04 bits per heavy atom. The molecule has 1 aromatic heterocycles. The first-order valence-electron chi connectivity index (χ1n) is 17.5. The van der Waals surface area contributed by atoms with E-state index in [4.69, 9.17) is 26.4 Å². The molecule has 3 aromatic rings. The van der Waals surface area contributed by atoms with Crippen LogP contribution in [-0.2, 0) is 14.9 Å². The number of esters is 1. The first kappa shape index (κ1) is 36.0. The number of carbonyl (C=O) groups excluding carboxylic acids is 1. The van der Waals surface area contributed by atoms with Gasteiger partial charge in [-0.1, -0.05) is 93.5 Å². The summed E-state index contributed by atoms with van der Waals surface area (Å²) in [7, 11) is 3.99. The number of rotatable bonds is 5. The normalized spacial score (nSPS) is 22.2. The van der Waals surface area contributed by atoms with Gasteiger partial charge in [0, 0.05) is 37.2 Å². The topological polar surface area (TPSA) is 77.0 Å². The fourth-order valence-corrected chi connectivity index (χ4v) is 7.28. The van der Waals surface area contributed by atoms with Crippen molar-refractivity contribution in [2.75, 3.05) is 19.0 Å². The highest BCUT2D eigenvalue weighted by atomic mass is 16.5. The molecule has 0 spiro atoms. The Morgan fingerprint density at radius 2 is 1.55 bits per heavy atom. The highest BCUT2D eigenvalue weighted by molar-refractivity contribution is 6.29. The van der Waals surface area contributed by atoms with E-state index < -0.39 is 5.97 Å². The molecule has 2 atom stereocenters. The molecule has 0 saturated heterocycles. The summed E-state index contributed by atoms with van der Waals surface area (Å²) >= 11 is 0. The largest absolute Gasteiger partial charge is 0.459 e. The molecule has 1 aliphatic carbocycles. The van der Waals surface area contributed by atoms with Crippen LogP contribution in [-0.4, -0.2) is 46.8 Å². The molecule has 0 radical (unpaired) electrons. The number of benzene rings is 2. The minimum atomic E-state index is -0.540. The van der Waals surface area contributed by atoms with Crippen LogP contribution in [0.4, 0.5) is 11.4 Å². The fraction of sp³-hybridized carbons (Fsp3) is 0.537. The summed E-state index contributed by atoms with van der Waals surface area (Å²) in [5, 5.41) is 4.88. The number of fused-ring (bicyclic) bond motifs is 1. The number of anilines is 1. The number of aliphatic imine (C=N–C) groups is 1. The predicted octanol–water partition coefficient (Wildman–Crippen LogP) is 9.51. The summed E-state index contributed by atoms with van der Waals surface area (Å²) in [4.78, 5) is 30.4. The molecule has 1 saturated carbocycles. The van der Waals surface area contributed by atoms with Gasteiger partial charge in [-0.05, 0) is 71.3 Å². The second-order valence-electron chi connectivity index (χ2n) is 17.5. The quantitative estimate of drug-likeness (QED) is 0.201. The minimum Gasteiger partial charge on any atom is -0.459 e. The molecule has 1 fully saturated rings. The van der Waals surface area contributed by atoms with E-state index in [-0.39, 0.29) is 57.1 Å². The first-order valence-corrected chi connectivity index (χ1v) is 17.5. The Bertz CT molecular complexity index is 1810. The monoisotopic (exact) mass is 662 g/mol. The molecule has 2 aromatic carbocycles. The number of aromatic nitrogens is 3. The van der Waals surface area contributed by atoms with Crippen LogP contribution in [0, 0.1) is 42.1 Å². The lowest BCUT2D eigenvalue weighted by molar-refractivity contribution is -0.162. The van der Waals surface area contributed by atoms with E-state index in [9.17, 15) is 4.79 Å². The second kappa shape index (κ2) is 12.9. The maximum Gasteiger partial charge on any atom is 0.331 e. The van der Waals surface area contributed by atoms with Crippen molar-refractivity contribution in [1.82, 2.24) is 14.8 Å². The van der Waals surface area contributed by atoms with E-state index in [1.807, 2.05) is 50.2 Å². The van der Waals surface area contributed by atoms with Gasteiger partial charge in [-0.3, -0.25) is 0 Å². The Hall–Kier alpha value is -4.25. The number of carbonyl (C=O) groups is 1. The second-order valence-corrected chi connectivity index (χ2v) is 17.5. The van der Waals surface area contributed by atoms with Gasteiger partial charge in [0.05, 0.1) is 12.3 Å². The molecule has 1 aliphatic heterocycles. The number of allylic oxidation sites excluding steroid dienone is 1. The molecule has 2 unspecified atom stereocenters. The molecule has 0 bridgehead atoms. The van der Waals surface area contributed by atoms with Gasteiger partial charge in [0.1, 0.15) is 11.7 Å². The van der Waals surface area contributed by atoms with Crippen molar-refractivity contribution in [3.8, 4) is 11.4 Å². The predicted molar refractivity (Wildman–Crippen MR) is 200 cm³/mol. The Kier molecular flexibility index (Phi) is 9.48. The van der Waals surface area contributed by atoms with Gasteiger partial charge in [0.2, 0.25) is 5.70 Å². The summed E-state index contributed by atoms with van der Waals surface area (Å²) in [6, 6.07) is 14.2. The maximum atomic E-state index is 14.6. The molecular formula is C41H54N6O2. The van der Waals surface area contributed by atoms with E-state index >= 15 is 0 Å². The molecule has 2 aliphatic rings. The lowest BCUT2D eigenvalue weighted by atomic mass is 9.59. The van der Waals surface area contributed by atoms with Crippen LogP contribution < -0.4 is 4.90 Å². The van der Waals surface area contributed by atoms with E-state index in [0.717, 1.165) is 29.7 Å². The van der Waals surface area contributed by atoms with Crippen molar-refractivity contribution in [2.45, 2.75) is 101 Å². The molecule has 5 rings (SSSR count). The van der Waals surface area contributed by atoms with E-state index in [0.29, 0.717) is 17.4 Å². The van der Waals surface area contributed by atoms with Crippen LogP contribution in [0.2, 0.25) is 0 Å². The van der Waals surface area contributed by atoms with Crippen molar-refractivity contribution in [1.29, 1.82) is 0 Å². The molecule has 0 N–H and O–H groups in total. The standard InChI is InChI=1S/C41H54N6O2/c1-24-21-29(40(6,7)8)34(30(22-24)41(9,10)11)49-38(48)32-33(42-12)37(43-31-20-19-28(46(13)14)23-25(31)2)47-36(32)44-35(45-47)26-15-17-27(18-16-26)39(3,4)5/h15-20,23-24,29-30,34H,21-22H2,1-11,13-14H3. The van der Waals surface area contributed by atoms with E-state index in [2.05, 4.69) is 92.3 Å². The Balaban J connectivity index is 1.66. The molecule has 2 heterocycles. The summed E-state index contributed by atoms with van der Waals surface area (Å²) in [5.74, 6) is 1.32. The zero-order chi connectivity index (χ0) is 36.2. The van der Waals surface area contributed by atoms with Crippen molar-refractivity contribution in [2.24, 2.45) is 33.6 Å². The number of nitrogens with zero attached hydrogens (tertiary/aromatic N) is 6.